The first-order valence-corrected chi connectivity index (χ1v) is 9.07. The van der Waals surface area contributed by atoms with Crippen molar-refractivity contribution in [1.29, 1.82) is 0 Å². The molecule has 25 heavy (non-hydrogen) atoms. The zero-order chi connectivity index (χ0) is 17.6. The van der Waals surface area contributed by atoms with E-state index in [9.17, 15) is 0 Å². The van der Waals surface area contributed by atoms with Gasteiger partial charge in [0.15, 0.2) is 5.76 Å². The third-order valence-electron chi connectivity index (χ3n) is 3.74. The van der Waals surface area contributed by atoms with E-state index >= 15 is 0 Å². The largest absolute Gasteiger partial charge is 0.463 e. The predicted octanol–water partition coefficient (Wildman–Crippen LogP) is 4.90. The van der Waals surface area contributed by atoms with Gasteiger partial charge in [0.25, 0.3) is 0 Å². The highest BCUT2D eigenvalue weighted by Gasteiger charge is 2.09. The number of nitrogens with zero attached hydrogens (tertiary/aromatic N) is 3. The van der Waals surface area contributed by atoms with E-state index in [1.165, 1.54) is 16.9 Å². The number of furan rings is 1. The Morgan fingerprint density at radius 2 is 2.04 bits per heavy atom. The zero-order valence-electron chi connectivity index (χ0n) is 14.4. The van der Waals surface area contributed by atoms with E-state index in [0.717, 1.165) is 21.8 Å². The van der Waals surface area contributed by atoms with E-state index in [1.807, 2.05) is 28.4 Å². The van der Waals surface area contributed by atoms with Crippen molar-refractivity contribution in [1.82, 2.24) is 4.68 Å². The van der Waals surface area contributed by atoms with E-state index in [-0.39, 0.29) is 0 Å². The molecule has 0 N–H and O–H groups in total. The first-order valence-electron chi connectivity index (χ1n) is 8.19. The van der Waals surface area contributed by atoms with Crippen molar-refractivity contribution in [2.24, 2.45) is 10.1 Å². The summed E-state index contributed by atoms with van der Waals surface area (Å²) in [5.41, 5.74) is 3.24. The fraction of sp³-hybridized carbons (Fsp3) is 0.200. The molecule has 4 nitrogen and oxygen atoms in total. The van der Waals surface area contributed by atoms with Crippen molar-refractivity contribution >= 4 is 17.6 Å². The molecule has 5 heteroatoms. The highest BCUT2D eigenvalue weighted by molar-refractivity contribution is 7.07. The van der Waals surface area contributed by atoms with E-state index in [2.05, 4.69) is 54.8 Å². The van der Waals surface area contributed by atoms with Gasteiger partial charge in [0.05, 0.1) is 19.0 Å². The monoisotopic (exact) mass is 351 g/mol. The molecule has 2 aromatic heterocycles. The molecule has 1 aromatic carbocycles. The summed E-state index contributed by atoms with van der Waals surface area (Å²) in [4.78, 5) is 5.32. The lowest BCUT2D eigenvalue weighted by Gasteiger charge is -2.04. The van der Waals surface area contributed by atoms with Gasteiger partial charge in [-0.3, -0.25) is 4.99 Å². The Labute approximate surface area is 151 Å². The summed E-state index contributed by atoms with van der Waals surface area (Å²) in [5.74, 6) is 1.29. The molecule has 2 heterocycles. The maximum absolute atomic E-state index is 5.52. The standard InChI is InChI=1S/C20H21N3OS/c1-4-11-21-20-23(18(14-25-20)19-6-5-12-24-19)22-13-16-7-9-17(10-8-16)15(2)3/h4-10,12-15H,1,11H2,2-3H3. The van der Waals surface area contributed by atoms with Crippen molar-refractivity contribution in [3.05, 3.63) is 76.6 Å². The van der Waals surface area contributed by atoms with E-state index in [4.69, 9.17) is 4.42 Å². The summed E-state index contributed by atoms with van der Waals surface area (Å²) in [5, 5.41) is 6.63. The summed E-state index contributed by atoms with van der Waals surface area (Å²) in [6, 6.07) is 12.2. The minimum Gasteiger partial charge on any atom is -0.463 e. The molecule has 0 unspecified atom stereocenters. The third kappa shape index (κ3) is 4.06. The lowest BCUT2D eigenvalue weighted by molar-refractivity contribution is 0.575. The minimum absolute atomic E-state index is 0.520. The normalized spacial score (nSPS) is 12.4. The highest BCUT2D eigenvalue weighted by Crippen LogP contribution is 2.20. The molecule has 0 saturated carbocycles. The molecule has 0 fully saturated rings. The molecule has 0 atom stereocenters. The first kappa shape index (κ1) is 17.2. The van der Waals surface area contributed by atoms with Crippen LogP contribution >= 0.6 is 11.3 Å². The van der Waals surface area contributed by atoms with Crippen LogP contribution < -0.4 is 4.80 Å². The molecular formula is C20H21N3OS. The van der Waals surface area contributed by atoms with E-state index in [0.29, 0.717) is 12.5 Å². The van der Waals surface area contributed by atoms with Crippen LogP contribution in [0, 0.1) is 0 Å². The summed E-state index contributed by atoms with van der Waals surface area (Å²) in [6.07, 6.45) is 5.27. The van der Waals surface area contributed by atoms with Gasteiger partial charge in [0.1, 0.15) is 5.69 Å². The Bertz CT molecular complexity index is 913. The first-order chi connectivity index (χ1) is 12.2. The van der Waals surface area contributed by atoms with Crippen LogP contribution in [0.25, 0.3) is 11.5 Å². The van der Waals surface area contributed by atoms with Crippen LogP contribution in [0.3, 0.4) is 0 Å². The van der Waals surface area contributed by atoms with Crippen LogP contribution in [-0.2, 0) is 0 Å². The van der Waals surface area contributed by atoms with Crippen molar-refractivity contribution < 1.29 is 4.42 Å². The third-order valence-corrected chi connectivity index (χ3v) is 4.59. The molecule has 0 radical (unpaired) electrons. The van der Waals surface area contributed by atoms with Gasteiger partial charge >= 0.3 is 0 Å². The lowest BCUT2D eigenvalue weighted by Crippen LogP contribution is -2.12. The smallest absolute Gasteiger partial charge is 0.206 e. The maximum Gasteiger partial charge on any atom is 0.206 e. The van der Waals surface area contributed by atoms with Crippen LogP contribution in [0.5, 0.6) is 0 Å². The van der Waals surface area contributed by atoms with Crippen molar-refractivity contribution in [3.63, 3.8) is 0 Å². The Morgan fingerprint density at radius 3 is 2.68 bits per heavy atom. The summed E-state index contributed by atoms with van der Waals surface area (Å²) >= 11 is 1.53. The SMILES string of the molecule is C=CCN=c1scc(-c2ccco2)n1N=Cc1ccc(C(C)C)cc1. The van der Waals surface area contributed by atoms with Crippen molar-refractivity contribution in [2.45, 2.75) is 19.8 Å². The van der Waals surface area contributed by atoms with Gasteiger partial charge in [0.2, 0.25) is 4.80 Å². The van der Waals surface area contributed by atoms with Gasteiger partial charge in [0, 0.05) is 5.38 Å². The van der Waals surface area contributed by atoms with Crippen LogP contribution in [-0.4, -0.2) is 17.4 Å². The van der Waals surface area contributed by atoms with Crippen molar-refractivity contribution in [3.8, 4) is 11.5 Å². The second-order valence-corrected chi connectivity index (χ2v) is 6.72. The number of hydrogen-bond acceptors (Lipinski definition) is 4. The van der Waals surface area contributed by atoms with Gasteiger partial charge < -0.3 is 4.42 Å². The van der Waals surface area contributed by atoms with Crippen LogP contribution in [0.15, 0.2) is 75.2 Å². The molecule has 3 aromatic rings. The van der Waals surface area contributed by atoms with Crippen molar-refractivity contribution in [2.75, 3.05) is 6.54 Å². The van der Waals surface area contributed by atoms with Gasteiger partial charge in [-0.1, -0.05) is 44.2 Å². The Morgan fingerprint density at radius 1 is 1.24 bits per heavy atom. The predicted molar refractivity (Wildman–Crippen MR) is 104 cm³/mol. The van der Waals surface area contributed by atoms with Crippen LogP contribution in [0.2, 0.25) is 0 Å². The topological polar surface area (TPSA) is 42.8 Å². The molecule has 0 bridgehead atoms. The molecule has 0 aliphatic carbocycles. The molecule has 0 saturated heterocycles. The summed E-state index contributed by atoms with van der Waals surface area (Å²) < 4.78 is 7.33. The van der Waals surface area contributed by atoms with Crippen LogP contribution in [0.1, 0.15) is 30.9 Å². The second kappa shape index (κ2) is 7.94. The molecule has 0 amide bonds. The second-order valence-electron chi connectivity index (χ2n) is 5.89. The number of benzene rings is 1. The Hall–Kier alpha value is -2.66. The quantitative estimate of drug-likeness (QED) is 0.460. The zero-order valence-corrected chi connectivity index (χ0v) is 15.2. The number of rotatable bonds is 6. The molecule has 3 rings (SSSR count). The highest BCUT2D eigenvalue weighted by atomic mass is 32.1. The number of hydrogen-bond donors (Lipinski definition) is 0. The van der Waals surface area contributed by atoms with Gasteiger partial charge in [-0.2, -0.15) is 5.10 Å². The molecule has 128 valence electrons. The van der Waals surface area contributed by atoms with Crippen LogP contribution in [0.4, 0.5) is 0 Å². The minimum atomic E-state index is 0.520. The molecule has 0 aliphatic rings. The average molecular weight is 351 g/mol. The molecule has 0 aliphatic heterocycles. The Kier molecular flexibility index (Phi) is 5.46. The van der Waals surface area contributed by atoms with Gasteiger partial charge in [-0.05, 0) is 29.2 Å². The average Bonchev–Trinajstić information content (AvgIpc) is 3.27. The fourth-order valence-corrected chi connectivity index (χ4v) is 3.18. The lowest BCUT2D eigenvalue weighted by atomic mass is 10.0. The molecular weight excluding hydrogens is 330 g/mol. The van der Waals surface area contributed by atoms with Gasteiger partial charge in [-0.25, -0.2) is 4.68 Å². The fourth-order valence-electron chi connectivity index (χ4n) is 2.35. The summed E-state index contributed by atoms with van der Waals surface area (Å²) in [7, 11) is 0. The number of aromatic nitrogens is 1. The van der Waals surface area contributed by atoms with E-state index in [1.54, 1.807) is 12.3 Å². The number of thiazole rings is 1. The Balaban J connectivity index is 1.97. The van der Waals surface area contributed by atoms with Gasteiger partial charge in [-0.15, -0.1) is 17.9 Å². The van der Waals surface area contributed by atoms with E-state index < -0.39 is 0 Å². The maximum atomic E-state index is 5.52. The molecule has 0 spiro atoms. The summed E-state index contributed by atoms with van der Waals surface area (Å²) in [6.45, 7) is 8.65.